The summed E-state index contributed by atoms with van der Waals surface area (Å²) in [5, 5.41) is 0. The number of sulfone groups is 1. The molecule has 0 fully saturated rings. The Hall–Kier alpha value is -1.04. The van der Waals surface area contributed by atoms with Crippen molar-refractivity contribution in [3.05, 3.63) is 29.3 Å². The van der Waals surface area contributed by atoms with E-state index < -0.39 is 27.0 Å². The van der Waals surface area contributed by atoms with Crippen molar-refractivity contribution in [2.45, 2.75) is 37.3 Å². The molecule has 0 spiro atoms. The molecule has 0 unspecified atom stereocenters. The Kier molecular flexibility index (Phi) is 3.55. The fraction of sp³-hybridized carbons (Fsp3) is 0.500. The van der Waals surface area contributed by atoms with E-state index in [2.05, 4.69) is 0 Å². The number of halogens is 3. The van der Waals surface area contributed by atoms with Crippen LogP contribution in [-0.4, -0.2) is 14.7 Å². The average molecular weight is 280 g/mol. The molecule has 2 nitrogen and oxygen atoms in total. The van der Waals surface area contributed by atoms with Gasteiger partial charge in [-0.25, -0.2) is 8.42 Å². The van der Waals surface area contributed by atoms with Crippen LogP contribution in [0.25, 0.3) is 0 Å². The predicted molar refractivity (Wildman–Crippen MR) is 63.3 cm³/mol. The maximum atomic E-state index is 12.6. The summed E-state index contributed by atoms with van der Waals surface area (Å²) < 4.78 is 61.0. The van der Waals surface area contributed by atoms with Crippen molar-refractivity contribution in [3.8, 4) is 0 Å². The SMILES string of the molecule is CC(C)(C)c1ccc(C(F)(F)F)cc1S(C)(=O)=O. The maximum absolute atomic E-state index is 12.6. The molecule has 0 aliphatic rings. The zero-order valence-electron chi connectivity index (χ0n) is 10.6. The number of hydrogen-bond acceptors (Lipinski definition) is 2. The first-order chi connectivity index (χ1) is 7.83. The lowest BCUT2D eigenvalue weighted by atomic mass is 9.86. The Labute approximate surface area is 105 Å². The van der Waals surface area contributed by atoms with Crippen molar-refractivity contribution < 1.29 is 21.6 Å². The Bertz CT molecular complexity index is 552. The van der Waals surface area contributed by atoms with Crippen LogP contribution < -0.4 is 0 Å². The summed E-state index contributed by atoms with van der Waals surface area (Å²) in [4.78, 5) is -0.259. The topological polar surface area (TPSA) is 34.1 Å². The van der Waals surface area contributed by atoms with Gasteiger partial charge in [0.05, 0.1) is 10.5 Å². The van der Waals surface area contributed by atoms with Crippen molar-refractivity contribution in [1.82, 2.24) is 0 Å². The van der Waals surface area contributed by atoms with Crippen LogP contribution >= 0.6 is 0 Å². The third-order valence-electron chi connectivity index (χ3n) is 2.52. The van der Waals surface area contributed by atoms with E-state index in [1.807, 2.05) is 0 Å². The molecule has 18 heavy (non-hydrogen) atoms. The molecule has 0 heterocycles. The van der Waals surface area contributed by atoms with Crippen LogP contribution in [0.2, 0.25) is 0 Å². The highest BCUT2D eigenvalue weighted by atomic mass is 32.2. The molecule has 0 aliphatic carbocycles. The summed E-state index contributed by atoms with van der Waals surface area (Å²) in [6.07, 6.45) is -3.63. The van der Waals surface area contributed by atoms with Crippen molar-refractivity contribution >= 4 is 9.84 Å². The minimum Gasteiger partial charge on any atom is -0.224 e. The molecule has 0 aromatic heterocycles. The van der Waals surface area contributed by atoms with E-state index in [-0.39, 0.29) is 4.90 Å². The number of benzene rings is 1. The van der Waals surface area contributed by atoms with Gasteiger partial charge in [-0.2, -0.15) is 13.2 Å². The fourth-order valence-electron chi connectivity index (χ4n) is 1.63. The normalized spacial score (nSPS) is 13.7. The Morgan fingerprint density at radius 3 is 1.89 bits per heavy atom. The highest BCUT2D eigenvalue weighted by Gasteiger charge is 2.33. The van der Waals surface area contributed by atoms with Crippen LogP contribution in [0, 0.1) is 0 Å². The number of alkyl halides is 3. The smallest absolute Gasteiger partial charge is 0.224 e. The van der Waals surface area contributed by atoms with Gasteiger partial charge in [-0.05, 0) is 23.1 Å². The Morgan fingerprint density at radius 2 is 1.56 bits per heavy atom. The summed E-state index contributed by atoms with van der Waals surface area (Å²) in [7, 11) is -3.70. The van der Waals surface area contributed by atoms with Crippen LogP contribution in [-0.2, 0) is 21.4 Å². The second-order valence-corrected chi connectivity index (χ2v) is 7.22. The first kappa shape index (κ1) is 15.0. The van der Waals surface area contributed by atoms with Gasteiger partial charge in [0.25, 0.3) is 0 Å². The van der Waals surface area contributed by atoms with Gasteiger partial charge < -0.3 is 0 Å². The van der Waals surface area contributed by atoms with E-state index in [0.717, 1.165) is 12.3 Å². The zero-order valence-corrected chi connectivity index (χ0v) is 11.4. The quantitative estimate of drug-likeness (QED) is 0.790. The highest BCUT2D eigenvalue weighted by Crippen LogP contribution is 2.35. The summed E-state index contributed by atoms with van der Waals surface area (Å²) in [6.45, 7) is 5.26. The molecule has 0 N–H and O–H groups in total. The van der Waals surface area contributed by atoms with E-state index in [1.165, 1.54) is 6.07 Å². The number of rotatable bonds is 1. The number of hydrogen-bond donors (Lipinski definition) is 0. The van der Waals surface area contributed by atoms with Crippen LogP contribution in [0.3, 0.4) is 0 Å². The molecule has 0 bridgehead atoms. The first-order valence-electron chi connectivity index (χ1n) is 5.25. The van der Waals surface area contributed by atoms with Crippen LogP contribution in [0.15, 0.2) is 23.1 Å². The molecule has 6 heteroatoms. The lowest BCUT2D eigenvalue weighted by Gasteiger charge is -2.23. The van der Waals surface area contributed by atoms with Gasteiger partial charge in [0, 0.05) is 6.26 Å². The second kappa shape index (κ2) is 4.26. The standard InChI is InChI=1S/C12H15F3O2S/c1-11(2,3)9-6-5-8(12(13,14)15)7-10(9)18(4,16)17/h5-7H,1-4H3. The monoisotopic (exact) mass is 280 g/mol. The van der Waals surface area contributed by atoms with Gasteiger partial charge in [-0.3, -0.25) is 0 Å². The largest absolute Gasteiger partial charge is 0.416 e. The molecule has 102 valence electrons. The summed E-state index contributed by atoms with van der Waals surface area (Å²) in [5.74, 6) is 0. The van der Waals surface area contributed by atoms with E-state index in [9.17, 15) is 21.6 Å². The molecule has 1 aromatic carbocycles. The molecule has 0 saturated carbocycles. The van der Waals surface area contributed by atoms with Crippen LogP contribution in [0.4, 0.5) is 13.2 Å². The van der Waals surface area contributed by atoms with Gasteiger partial charge in [0.2, 0.25) is 0 Å². The van der Waals surface area contributed by atoms with E-state index in [1.54, 1.807) is 20.8 Å². The second-order valence-electron chi connectivity index (χ2n) is 5.23. The lowest BCUT2D eigenvalue weighted by molar-refractivity contribution is -0.137. The van der Waals surface area contributed by atoms with Gasteiger partial charge in [0.1, 0.15) is 0 Å². The first-order valence-corrected chi connectivity index (χ1v) is 7.14. The molecule has 1 aromatic rings. The van der Waals surface area contributed by atoms with E-state index in [0.29, 0.717) is 11.6 Å². The van der Waals surface area contributed by atoms with E-state index in [4.69, 9.17) is 0 Å². The fourth-order valence-corrected chi connectivity index (χ4v) is 2.74. The maximum Gasteiger partial charge on any atom is 0.416 e. The summed E-state index contributed by atoms with van der Waals surface area (Å²) >= 11 is 0. The molecule has 0 radical (unpaired) electrons. The molecule has 0 amide bonds. The zero-order chi connectivity index (χ0) is 14.4. The highest BCUT2D eigenvalue weighted by molar-refractivity contribution is 7.90. The molecule has 1 rings (SSSR count). The Balaban J connectivity index is 3.61. The third-order valence-corrected chi connectivity index (χ3v) is 3.65. The minimum absolute atomic E-state index is 0.259. The van der Waals surface area contributed by atoms with Crippen LogP contribution in [0.5, 0.6) is 0 Å². The average Bonchev–Trinajstić information content (AvgIpc) is 2.12. The third kappa shape index (κ3) is 3.25. The van der Waals surface area contributed by atoms with Crippen molar-refractivity contribution in [3.63, 3.8) is 0 Å². The summed E-state index contributed by atoms with van der Waals surface area (Å²) in [6, 6.07) is 2.85. The van der Waals surface area contributed by atoms with Crippen molar-refractivity contribution in [1.29, 1.82) is 0 Å². The van der Waals surface area contributed by atoms with Gasteiger partial charge in [-0.1, -0.05) is 26.8 Å². The Morgan fingerprint density at radius 1 is 1.06 bits per heavy atom. The minimum atomic E-state index is -4.55. The lowest BCUT2D eigenvalue weighted by Crippen LogP contribution is -2.18. The molecule has 0 aliphatic heterocycles. The van der Waals surface area contributed by atoms with Gasteiger partial charge in [0.15, 0.2) is 9.84 Å². The molecular weight excluding hydrogens is 265 g/mol. The predicted octanol–water partition coefficient (Wildman–Crippen LogP) is 3.41. The van der Waals surface area contributed by atoms with Gasteiger partial charge in [-0.15, -0.1) is 0 Å². The molecule has 0 atom stereocenters. The van der Waals surface area contributed by atoms with Crippen LogP contribution in [0.1, 0.15) is 31.9 Å². The molecular formula is C12H15F3O2S. The van der Waals surface area contributed by atoms with E-state index >= 15 is 0 Å². The molecule has 0 saturated heterocycles. The van der Waals surface area contributed by atoms with Crippen molar-refractivity contribution in [2.75, 3.05) is 6.26 Å². The van der Waals surface area contributed by atoms with Gasteiger partial charge >= 0.3 is 6.18 Å². The van der Waals surface area contributed by atoms with Crippen molar-refractivity contribution in [2.24, 2.45) is 0 Å². The summed E-state index contributed by atoms with van der Waals surface area (Å²) in [5.41, 5.74) is -1.10.